The van der Waals surface area contributed by atoms with Gasteiger partial charge in [0.25, 0.3) is 0 Å². The number of nitrogens with one attached hydrogen (secondary N) is 1. The molecule has 1 N–H and O–H groups in total. The minimum Gasteiger partial charge on any atom is -0.381 e. The molecular formula is C31H30FN5O. The van der Waals surface area contributed by atoms with Crippen LogP contribution in [-0.2, 0) is 4.74 Å². The fraction of sp³-hybridized carbons (Fsp3) is 0.258. The van der Waals surface area contributed by atoms with Crippen molar-refractivity contribution in [2.24, 2.45) is 4.99 Å². The van der Waals surface area contributed by atoms with E-state index in [1.54, 1.807) is 19.2 Å². The lowest BCUT2D eigenvalue weighted by Crippen LogP contribution is -2.25. The summed E-state index contributed by atoms with van der Waals surface area (Å²) in [4.78, 5) is 14.9. The predicted molar refractivity (Wildman–Crippen MR) is 149 cm³/mol. The Morgan fingerprint density at radius 3 is 2.47 bits per heavy atom. The number of benzene rings is 3. The molecule has 0 atom stereocenters. The molecule has 7 heteroatoms. The molecule has 2 aromatic carbocycles. The molecule has 6 rings (SSSR count). The van der Waals surface area contributed by atoms with Gasteiger partial charge in [0.1, 0.15) is 11.6 Å². The number of hydrogen-bond donors (Lipinski definition) is 1. The molecule has 38 heavy (non-hydrogen) atoms. The summed E-state index contributed by atoms with van der Waals surface area (Å²) in [5.74, 6) is 0.493. The number of halogens is 1. The third-order valence-electron chi connectivity index (χ3n) is 7.23. The van der Waals surface area contributed by atoms with Gasteiger partial charge in [-0.3, -0.25) is 4.99 Å². The normalized spacial score (nSPS) is 18.2. The van der Waals surface area contributed by atoms with Crippen LogP contribution in [0, 0.1) is 12.7 Å². The van der Waals surface area contributed by atoms with E-state index < -0.39 is 0 Å². The van der Waals surface area contributed by atoms with Crippen LogP contribution in [0.5, 0.6) is 0 Å². The summed E-state index contributed by atoms with van der Waals surface area (Å²) >= 11 is 0. The number of fused-ring (bicyclic) bond motifs is 2. The zero-order valence-electron chi connectivity index (χ0n) is 21.6. The number of hydrogen-bond acceptors (Lipinski definition) is 5. The number of aryl methyl sites for hydroxylation is 1. The predicted octanol–water partition coefficient (Wildman–Crippen LogP) is 6.57. The molecule has 3 aromatic rings. The second-order valence-corrected chi connectivity index (χ2v) is 9.85. The Bertz CT molecular complexity index is 1620. The molecule has 2 aliphatic carbocycles. The maximum atomic E-state index is 13.8. The van der Waals surface area contributed by atoms with Gasteiger partial charge in [0, 0.05) is 18.5 Å². The fourth-order valence-electron chi connectivity index (χ4n) is 5.27. The first kappa shape index (κ1) is 24.2. The van der Waals surface area contributed by atoms with Gasteiger partial charge in [-0.15, -0.1) is 0 Å². The zero-order chi connectivity index (χ0) is 26.1. The van der Waals surface area contributed by atoms with E-state index in [4.69, 9.17) is 14.7 Å². The Balaban J connectivity index is 1.57. The molecule has 1 saturated carbocycles. The smallest absolute Gasteiger partial charge is 0.130 e. The largest absolute Gasteiger partial charge is 0.381 e. The molecular weight excluding hydrogens is 477 g/mol. The first-order valence-electron chi connectivity index (χ1n) is 13.1. The Morgan fingerprint density at radius 1 is 0.921 bits per heavy atom. The number of nitrogens with zero attached hydrogens (tertiary/aromatic N) is 4. The molecule has 0 bridgehead atoms. The average molecular weight is 508 g/mol. The van der Waals surface area contributed by atoms with Gasteiger partial charge in [-0.2, -0.15) is 0 Å². The summed E-state index contributed by atoms with van der Waals surface area (Å²) in [7, 11) is 1.79. The quantitative estimate of drug-likeness (QED) is 0.273. The van der Waals surface area contributed by atoms with Crippen molar-refractivity contribution < 1.29 is 9.13 Å². The number of ether oxygens (including phenoxy) is 1. The van der Waals surface area contributed by atoms with Crippen LogP contribution in [0.1, 0.15) is 31.4 Å². The lowest BCUT2D eigenvalue weighted by molar-refractivity contribution is 0.0663. The lowest BCUT2D eigenvalue weighted by atomic mass is 9.93. The molecule has 1 aliphatic heterocycles. The highest BCUT2D eigenvalue weighted by Gasteiger charge is 2.21. The molecule has 0 radical (unpaired) electrons. The third kappa shape index (κ3) is 4.89. The van der Waals surface area contributed by atoms with Gasteiger partial charge in [-0.1, -0.05) is 18.2 Å². The Labute approximate surface area is 221 Å². The molecule has 3 aliphatic rings. The van der Waals surface area contributed by atoms with Gasteiger partial charge in [-0.05, 0) is 93.3 Å². The summed E-state index contributed by atoms with van der Waals surface area (Å²) in [6.07, 6.45) is 4.27. The summed E-state index contributed by atoms with van der Waals surface area (Å²) in [5, 5.41) is 4.36. The van der Waals surface area contributed by atoms with Crippen molar-refractivity contribution in [1.29, 1.82) is 0 Å². The lowest BCUT2D eigenvalue weighted by Gasteiger charge is -2.25. The van der Waals surface area contributed by atoms with Crippen LogP contribution in [0.2, 0.25) is 0 Å². The minimum atomic E-state index is -0.267. The van der Waals surface area contributed by atoms with E-state index >= 15 is 0 Å². The number of aromatic nitrogens is 3. The van der Waals surface area contributed by atoms with E-state index in [0.29, 0.717) is 6.10 Å². The van der Waals surface area contributed by atoms with Gasteiger partial charge in [0.2, 0.25) is 0 Å². The summed E-state index contributed by atoms with van der Waals surface area (Å²) in [6.45, 7) is 1.98. The molecule has 0 amide bonds. The summed E-state index contributed by atoms with van der Waals surface area (Å²) < 4.78 is 21.5. The molecule has 0 saturated heterocycles. The number of methoxy groups -OCH3 is 1. The standard InChI is InChI=1S/C31H30FN5O/c1-20-6-5-9-31(33-20)36-26-18-28-30(19-27(26)34-22-12-16-24(38-2)17-13-22)37(23-14-10-21(32)11-15-23)29-8-4-3-7-25(29)35-28/h3-11,14-15,18-19,22,24H,12-13,16-17H2,1-2H3,(H,33,36). The second kappa shape index (κ2) is 10.3. The van der Waals surface area contributed by atoms with E-state index in [-0.39, 0.29) is 11.9 Å². The highest BCUT2D eigenvalue weighted by atomic mass is 19.1. The van der Waals surface area contributed by atoms with Gasteiger partial charge in [0.15, 0.2) is 0 Å². The SMILES string of the molecule is COC1CCC(N=c2cc3n(-c4ccc(F)cc4)c4ccccc4nc-3cc2Nc2cccc(C)n2)CC1. The first-order chi connectivity index (χ1) is 18.6. The Kier molecular flexibility index (Phi) is 6.60. The fourth-order valence-corrected chi connectivity index (χ4v) is 5.27. The van der Waals surface area contributed by atoms with E-state index in [1.165, 1.54) is 12.1 Å². The number of anilines is 2. The van der Waals surface area contributed by atoms with Crippen LogP contribution in [0.4, 0.5) is 15.9 Å². The van der Waals surface area contributed by atoms with Gasteiger partial charge in [-0.25, -0.2) is 14.4 Å². The highest BCUT2D eigenvalue weighted by Crippen LogP contribution is 2.31. The van der Waals surface area contributed by atoms with Gasteiger partial charge >= 0.3 is 0 Å². The van der Waals surface area contributed by atoms with Crippen LogP contribution in [0.25, 0.3) is 28.1 Å². The maximum Gasteiger partial charge on any atom is 0.130 e. The molecule has 1 aromatic heterocycles. The van der Waals surface area contributed by atoms with Crippen LogP contribution < -0.4 is 10.7 Å². The topological polar surface area (TPSA) is 64.3 Å². The van der Waals surface area contributed by atoms with Crippen LogP contribution in [0.15, 0.2) is 83.9 Å². The number of pyridine rings is 1. The van der Waals surface area contributed by atoms with Crippen LogP contribution in [0.3, 0.4) is 0 Å². The van der Waals surface area contributed by atoms with E-state index in [1.807, 2.05) is 55.5 Å². The summed E-state index contributed by atoms with van der Waals surface area (Å²) in [5.41, 5.74) is 6.17. The molecule has 1 fully saturated rings. The van der Waals surface area contributed by atoms with Crippen molar-refractivity contribution in [2.45, 2.75) is 44.8 Å². The molecule has 2 heterocycles. The molecule has 6 nitrogen and oxygen atoms in total. The van der Waals surface area contributed by atoms with E-state index in [2.05, 4.69) is 20.9 Å². The van der Waals surface area contributed by atoms with Crippen molar-refractivity contribution in [1.82, 2.24) is 14.5 Å². The van der Waals surface area contributed by atoms with Crippen LogP contribution >= 0.6 is 0 Å². The first-order valence-corrected chi connectivity index (χ1v) is 13.1. The minimum absolute atomic E-state index is 0.206. The van der Waals surface area contributed by atoms with E-state index in [0.717, 1.165) is 76.3 Å². The highest BCUT2D eigenvalue weighted by molar-refractivity contribution is 5.84. The van der Waals surface area contributed by atoms with Crippen molar-refractivity contribution in [3.05, 3.63) is 95.7 Å². The Hall–Kier alpha value is -4.10. The summed E-state index contributed by atoms with van der Waals surface area (Å²) in [6, 6.07) is 24.9. The van der Waals surface area contributed by atoms with Crippen molar-refractivity contribution in [3.8, 4) is 17.1 Å². The van der Waals surface area contributed by atoms with Crippen LogP contribution in [-0.4, -0.2) is 33.8 Å². The molecule has 0 unspecified atom stereocenters. The third-order valence-corrected chi connectivity index (χ3v) is 7.23. The molecule has 192 valence electrons. The number of para-hydroxylation sites is 2. The zero-order valence-corrected chi connectivity index (χ0v) is 21.6. The van der Waals surface area contributed by atoms with Crippen molar-refractivity contribution in [3.63, 3.8) is 0 Å². The second-order valence-electron chi connectivity index (χ2n) is 9.85. The van der Waals surface area contributed by atoms with Gasteiger partial charge < -0.3 is 14.6 Å². The van der Waals surface area contributed by atoms with E-state index in [9.17, 15) is 4.39 Å². The van der Waals surface area contributed by atoms with Crippen molar-refractivity contribution >= 4 is 22.5 Å². The van der Waals surface area contributed by atoms with Gasteiger partial charge in [0.05, 0.1) is 45.6 Å². The number of rotatable bonds is 5. The molecule has 0 spiro atoms. The van der Waals surface area contributed by atoms with Crippen molar-refractivity contribution in [2.75, 3.05) is 12.4 Å². The Morgan fingerprint density at radius 2 is 1.71 bits per heavy atom. The maximum absolute atomic E-state index is 13.8. The monoisotopic (exact) mass is 507 g/mol. The average Bonchev–Trinajstić information content (AvgIpc) is 2.93.